The second kappa shape index (κ2) is 4.81. The normalized spacial score (nSPS) is 37.6. The summed E-state index contributed by atoms with van der Waals surface area (Å²) in [6, 6.07) is 9.84. The molecule has 0 heterocycles. The van der Waals surface area contributed by atoms with Crippen molar-refractivity contribution >= 4 is 0 Å². The van der Waals surface area contributed by atoms with Crippen molar-refractivity contribution in [3.05, 3.63) is 29.8 Å². The molecule has 4 fully saturated rings. The predicted molar refractivity (Wildman–Crippen MR) is 77.2 cm³/mol. The zero-order chi connectivity index (χ0) is 13.5. The van der Waals surface area contributed by atoms with Gasteiger partial charge in [0, 0.05) is 0 Å². The van der Waals surface area contributed by atoms with Crippen molar-refractivity contribution < 1.29 is 4.74 Å². The fraction of sp³-hybridized carbons (Fsp3) is 0.611. The average molecular weight is 267 g/mol. The van der Waals surface area contributed by atoms with Crippen LogP contribution in [0.4, 0.5) is 0 Å². The maximum absolute atomic E-state index is 9.13. The molecule has 2 nitrogen and oxygen atoms in total. The highest BCUT2D eigenvalue weighted by Crippen LogP contribution is 2.56. The molecule has 4 aliphatic rings. The van der Waals surface area contributed by atoms with E-state index in [4.69, 9.17) is 10.00 Å². The Morgan fingerprint density at radius 3 is 2.30 bits per heavy atom. The van der Waals surface area contributed by atoms with E-state index < -0.39 is 0 Å². The van der Waals surface area contributed by atoms with Crippen LogP contribution < -0.4 is 4.74 Å². The van der Waals surface area contributed by atoms with E-state index in [1.54, 1.807) is 0 Å². The number of nitriles is 1. The van der Waals surface area contributed by atoms with Gasteiger partial charge in [-0.05, 0) is 73.8 Å². The van der Waals surface area contributed by atoms with Gasteiger partial charge in [-0.3, -0.25) is 0 Å². The molecule has 20 heavy (non-hydrogen) atoms. The summed E-state index contributed by atoms with van der Waals surface area (Å²) in [6.45, 7) is 0.813. The van der Waals surface area contributed by atoms with Gasteiger partial charge in [-0.15, -0.1) is 0 Å². The summed E-state index contributed by atoms with van der Waals surface area (Å²) in [4.78, 5) is 0. The van der Waals surface area contributed by atoms with E-state index in [1.165, 1.54) is 32.1 Å². The third-order valence-corrected chi connectivity index (χ3v) is 5.86. The van der Waals surface area contributed by atoms with Crippen molar-refractivity contribution in [3.63, 3.8) is 0 Å². The fourth-order valence-corrected chi connectivity index (χ4v) is 5.18. The van der Waals surface area contributed by atoms with E-state index >= 15 is 0 Å². The molecule has 0 radical (unpaired) electrons. The minimum atomic E-state index is 0.663. The topological polar surface area (TPSA) is 33.0 Å². The van der Waals surface area contributed by atoms with Crippen LogP contribution in [0.2, 0.25) is 0 Å². The Kier molecular flexibility index (Phi) is 2.95. The van der Waals surface area contributed by atoms with Gasteiger partial charge in [0.2, 0.25) is 0 Å². The standard InChI is InChI=1S/C18H21NO/c19-10-14-3-1-2-4-18(14)20-11-17-15-6-12-5-13(8-15)9-16(17)7-12/h1-4,12-13,15-17H,5-9,11H2. The average Bonchev–Trinajstić information content (AvgIpc) is 2.46. The van der Waals surface area contributed by atoms with Crippen LogP contribution >= 0.6 is 0 Å². The van der Waals surface area contributed by atoms with Gasteiger partial charge in [-0.25, -0.2) is 0 Å². The van der Waals surface area contributed by atoms with Crippen LogP contribution in [0.5, 0.6) is 5.75 Å². The van der Waals surface area contributed by atoms with Crippen molar-refractivity contribution in [1.82, 2.24) is 0 Å². The highest BCUT2D eigenvalue weighted by atomic mass is 16.5. The lowest BCUT2D eigenvalue weighted by Gasteiger charge is -2.54. The molecule has 0 aromatic heterocycles. The van der Waals surface area contributed by atoms with Crippen LogP contribution in [0.15, 0.2) is 24.3 Å². The number of benzene rings is 1. The largest absolute Gasteiger partial charge is 0.492 e. The van der Waals surface area contributed by atoms with Gasteiger partial charge in [0.25, 0.3) is 0 Å². The summed E-state index contributed by atoms with van der Waals surface area (Å²) >= 11 is 0. The molecule has 2 heteroatoms. The van der Waals surface area contributed by atoms with Crippen LogP contribution in [0.1, 0.15) is 37.7 Å². The molecule has 0 N–H and O–H groups in total. The second-order valence-electron chi connectivity index (χ2n) is 7.01. The number of ether oxygens (including phenoxy) is 1. The molecular weight excluding hydrogens is 246 g/mol. The van der Waals surface area contributed by atoms with Crippen LogP contribution in [0.25, 0.3) is 0 Å². The number of hydrogen-bond acceptors (Lipinski definition) is 2. The summed E-state index contributed by atoms with van der Waals surface area (Å²) in [5, 5.41) is 9.13. The smallest absolute Gasteiger partial charge is 0.137 e. The monoisotopic (exact) mass is 267 g/mol. The molecule has 4 aliphatic carbocycles. The first kappa shape index (κ1) is 12.3. The van der Waals surface area contributed by atoms with Crippen molar-refractivity contribution in [3.8, 4) is 11.8 Å². The van der Waals surface area contributed by atoms with Crippen molar-refractivity contribution in [2.24, 2.45) is 29.6 Å². The molecule has 0 aliphatic heterocycles. The van der Waals surface area contributed by atoms with E-state index in [-0.39, 0.29) is 0 Å². The van der Waals surface area contributed by atoms with Gasteiger partial charge in [0.1, 0.15) is 11.8 Å². The van der Waals surface area contributed by atoms with Crippen LogP contribution in [0, 0.1) is 40.9 Å². The molecule has 0 saturated heterocycles. The Morgan fingerprint density at radius 2 is 1.65 bits per heavy atom. The zero-order valence-corrected chi connectivity index (χ0v) is 11.8. The minimum Gasteiger partial charge on any atom is -0.492 e. The summed E-state index contributed by atoms with van der Waals surface area (Å²) < 4.78 is 6.03. The van der Waals surface area contributed by atoms with E-state index in [2.05, 4.69) is 6.07 Å². The number of para-hydroxylation sites is 1. The SMILES string of the molecule is N#Cc1ccccc1OCC1C2CC3CC(C2)CC1C3. The summed E-state index contributed by atoms with van der Waals surface area (Å²) in [5.41, 5.74) is 0.663. The molecule has 5 rings (SSSR count). The quantitative estimate of drug-likeness (QED) is 0.829. The Hall–Kier alpha value is -1.49. The van der Waals surface area contributed by atoms with Crippen molar-refractivity contribution in [1.29, 1.82) is 5.26 Å². The molecule has 4 saturated carbocycles. The molecule has 1 aromatic rings. The van der Waals surface area contributed by atoms with Gasteiger partial charge in [-0.2, -0.15) is 5.26 Å². The first-order chi connectivity index (χ1) is 9.83. The Balaban J connectivity index is 1.46. The first-order valence-corrected chi connectivity index (χ1v) is 7.95. The van der Waals surface area contributed by atoms with Gasteiger partial charge in [0.15, 0.2) is 0 Å². The Bertz CT molecular complexity index is 517. The predicted octanol–water partition coefficient (Wildman–Crippen LogP) is 4.01. The molecule has 0 spiro atoms. The van der Waals surface area contributed by atoms with Gasteiger partial charge in [-0.1, -0.05) is 12.1 Å². The third kappa shape index (κ3) is 2.00. The lowest BCUT2D eigenvalue weighted by Crippen LogP contribution is -2.47. The summed E-state index contributed by atoms with van der Waals surface area (Å²) in [6.07, 6.45) is 7.22. The molecular formula is C18H21NO. The molecule has 0 unspecified atom stereocenters. The molecule has 1 aromatic carbocycles. The summed E-state index contributed by atoms with van der Waals surface area (Å²) in [5.74, 6) is 5.31. The van der Waals surface area contributed by atoms with Crippen molar-refractivity contribution in [2.45, 2.75) is 32.1 Å². The highest BCUT2D eigenvalue weighted by Gasteiger charge is 2.48. The molecule has 4 bridgehead atoms. The number of rotatable bonds is 3. The third-order valence-electron chi connectivity index (χ3n) is 5.86. The van der Waals surface area contributed by atoms with Crippen molar-refractivity contribution in [2.75, 3.05) is 6.61 Å². The number of nitrogens with zero attached hydrogens (tertiary/aromatic N) is 1. The maximum Gasteiger partial charge on any atom is 0.137 e. The molecule has 0 amide bonds. The van der Waals surface area contributed by atoms with E-state index in [9.17, 15) is 0 Å². The minimum absolute atomic E-state index is 0.663. The zero-order valence-electron chi connectivity index (χ0n) is 11.8. The lowest BCUT2D eigenvalue weighted by atomic mass is 9.52. The molecule has 104 valence electrons. The Labute approximate surface area is 120 Å². The van der Waals surface area contributed by atoms with E-state index in [0.717, 1.165) is 41.9 Å². The first-order valence-electron chi connectivity index (χ1n) is 7.95. The van der Waals surface area contributed by atoms with Crippen LogP contribution in [-0.4, -0.2) is 6.61 Å². The summed E-state index contributed by atoms with van der Waals surface area (Å²) in [7, 11) is 0. The van der Waals surface area contributed by atoms with Gasteiger partial charge >= 0.3 is 0 Å². The highest BCUT2D eigenvalue weighted by molar-refractivity contribution is 5.42. The maximum atomic E-state index is 9.13. The molecule has 0 atom stereocenters. The van der Waals surface area contributed by atoms with Crippen LogP contribution in [0.3, 0.4) is 0 Å². The van der Waals surface area contributed by atoms with Crippen LogP contribution in [-0.2, 0) is 0 Å². The Morgan fingerprint density at radius 1 is 1.00 bits per heavy atom. The lowest BCUT2D eigenvalue weighted by molar-refractivity contribution is -0.0529. The fourth-order valence-electron chi connectivity index (χ4n) is 5.18. The number of hydrogen-bond donors (Lipinski definition) is 0. The van der Waals surface area contributed by atoms with Gasteiger partial charge < -0.3 is 4.74 Å². The van der Waals surface area contributed by atoms with Gasteiger partial charge in [0.05, 0.1) is 12.2 Å². The van der Waals surface area contributed by atoms with E-state index in [1.807, 2.05) is 24.3 Å². The second-order valence-corrected chi connectivity index (χ2v) is 7.01. The van der Waals surface area contributed by atoms with E-state index in [0.29, 0.717) is 5.56 Å².